The van der Waals surface area contributed by atoms with Gasteiger partial charge in [-0.15, -0.1) is 0 Å². The van der Waals surface area contributed by atoms with Gasteiger partial charge in [-0.2, -0.15) is 0 Å². The lowest BCUT2D eigenvalue weighted by Gasteiger charge is -2.21. The van der Waals surface area contributed by atoms with E-state index < -0.39 is 0 Å². The number of rotatable bonds is 8. The molecule has 1 aliphatic rings. The number of carbonyl (C=O) groups excluding carboxylic acids is 2. The minimum atomic E-state index is -0.383. The summed E-state index contributed by atoms with van der Waals surface area (Å²) in [6, 6.07) is 13.8. The zero-order valence-electron chi connectivity index (χ0n) is 15.3. The average molecular weight is 370 g/mol. The molecule has 1 aliphatic carbocycles. The van der Waals surface area contributed by atoms with Crippen LogP contribution < -0.4 is 5.32 Å². The number of hydrogen-bond donors (Lipinski definition) is 1. The van der Waals surface area contributed by atoms with Crippen molar-refractivity contribution >= 4 is 11.9 Å². The molecule has 6 heteroatoms. The number of amides is 1. The van der Waals surface area contributed by atoms with Crippen molar-refractivity contribution in [1.29, 1.82) is 0 Å². The third-order valence-corrected chi connectivity index (χ3v) is 4.57. The molecule has 0 heterocycles. The van der Waals surface area contributed by atoms with Gasteiger partial charge in [-0.05, 0) is 48.2 Å². The third-order valence-electron chi connectivity index (χ3n) is 4.57. The van der Waals surface area contributed by atoms with E-state index in [9.17, 15) is 14.0 Å². The minimum Gasteiger partial charge on any atom is -0.465 e. The Morgan fingerprint density at radius 2 is 1.70 bits per heavy atom. The molecule has 0 spiro atoms. The number of halogens is 1. The van der Waals surface area contributed by atoms with Crippen LogP contribution in [0.4, 0.5) is 4.39 Å². The highest BCUT2D eigenvalue weighted by molar-refractivity contribution is 5.89. The lowest BCUT2D eigenvalue weighted by atomic mass is 10.1. The summed E-state index contributed by atoms with van der Waals surface area (Å²) in [6.45, 7) is 1.34. The van der Waals surface area contributed by atoms with Crippen LogP contribution in [-0.4, -0.2) is 36.5 Å². The highest BCUT2D eigenvalue weighted by Crippen LogP contribution is 2.28. The summed E-state index contributed by atoms with van der Waals surface area (Å²) >= 11 is 0. The van der Waals surface area contributed by atoms with Crippen LogP contribution in [0.5, 0.6) is 0 Å². The van der Waals surface area contributed by atoms with Crippen molar-refractivity contribution in [3.05, 3.63) is 71.0 Å². The van der Waals surface area contributed by atoms with Crippen LogP contribution in [-0.2, 0) is 22.6 Å². The van der Waals surface area contributed by atoms with Crippen molar-refractivity contribution < 1.29 is 18.7 Å². The van der Waals surface area contributed by atoms with Gasteiger partial charge in [0, 0.05) is 19.1 Å². The first-order chi connectivity index (χ1) is 13.0. The first-order valence-corrected chi connectivity index (χ1v) is 8.97. The molecule has 142 valence electrons. The third kappa shape index (κ3) is 5.62. The monoisotopic (exact) mass is 370 g/mol. The summed E-state index contributed by atoms with van der Waals surface area (Å²) in [5.41, 5.74) is 2.38. The number of nitrogens with zero attached hydrogens (tertiary/aromatic N) is 1. The number of esters is 1. The molecule has 0 unspecified atom stereocenters. The fourth-order valence-electron chi connectivity index (χ4n) is 2.90. The predicted octanol–water partition coefficient (Wildman–Crippen LogP) is 2.89. The van der Waals surface area contributed by atoms with Crippen LogP contribution in [0.2, 0.25) is 0 Å². The van der Waals surface area contributed by atoms with E-state index in [2.05, 4.69) is 15.0 Å². The number of ether oxygens (including phenoxy) is 1. The Morgan fingerprint density at radius 3 is 2.30 bits per heavy atom. The SMILES string of the molecule is COC(=O)c1ccc(CNC(=O)CN(Cc2ccc(F)cc2)C2CC2)cc1. The number of methoxy groups -OCH3 is 1. The van der Waals surface area contributed by atoms with Crippen molar-refractivity contribution in [2.24, 2.45) is 0 Å². The molecule has 1 amide bonds. The first-order valence-electron chi connectivity index (χ1n) is 8.97. The Morgan fingerprint density at radius 1 is 1.07 bits per heavy atom. The number of hydrogen-bond acceptors (Lipinski definition) is 4. The summed E-state index contributed by atoms with van der Waals surface area (Å²) in [5.74, 6) is -0.694. The smallest absolute Gasteiger partial charge is 0.337 e. The topological polar surface area (TPSA) is 58.6 Å². The highest BCUT2D eigenvalue weighted by Gasteiger charge is 2.30. The van der Waals surface area contributed by atoms with Crippen molar-refractivity contribution in [2.75, 3.05) is 13.7 Å². The van der Waals surface area contributed by atoms with Gasteiger partial charge in [0.15, 0.2) is 0 Å². The van der Waals surface area contributed by atoms with E-state index >= 15 is 0 Å². The number of carbonyl (C=O) groups is 2. The molecule has 27 heavy (non-hydrogen) atoms. The second kappa shape index (κ2) is 8.77. The van der Waals surface area contributed by atoms with Crippen LogP contribution in [0.25, 0.3) is 0 Å². The summed E-state index contributed by atoms with van der Waals surface area (Å²) in [7, 11) is 1.34. The van der Waals surface area contributed by atoms with Gasteiger partial charge in [0.25, 0.3) is 0 Å². The fourth-order valence-corrected chi connectivity index (χ4v) is 2.90. The van der Waals surface area contributed by atoms with Crippen LogP contribution in [0.3, 0.4) is 0 Å². The van der Waals surface area contributed by atoms with Gasteiger partial charge in [-0.25, -0.2) is 9.18 Å². The Bertz CT molecular complexity index is 786. The van der Waals surface area contributed by atoms with E-state index in [1.54, 1.807) is 36.4 Å². The molecule has 2 aromatic rings. The molecule has 0 bridgehead atoms. The largest absolute Gasteiger partial charge is 0.465 e. The number of nitrogens with one attached hydrogen (secondary N) is 1. The highest BCUT2D eigenvalue weighted by atomic mass is 19.1. The van der Waals surface area contributed by atoms with Crippen molar-refractivity contribution in [1.82, 2.24) is 10.2 Å². The quantitative estimate of drug-likeness (QED) is 0.726. The molecule has 1 fully saturated rings. The molecule has 0 radical (unpaired) electrons. The van der Waals surface area contributed by atoms with Crippen LogP contribution in [0, 0.1) is 5.82 Å². The standard InChI is InChI=1S/C21H23FN2O3/c1-27-21(26)17-6-2-15(3-7-17)12-23-20(25)14-24(19-10-11-19)13-16-4-8-18(22)9-5-16/h2-9,19H,10-14H2,1H3,(H,23,25). The van der Waals surface area contributed by atoms with Crippen LogP contribution in [0.15, 0.2) is 48.5 Å². The molecule has 0 saturated heterocycles. The molecule has 0 aromatic heterocycles. The summed E-state index contributed by atoms with van der Waals surface area (Å²) < 4.78 is 17.7. The van der Waals surface area contributed by atoms with Crippen molar-refractivity contribution in [2.45, 2.75) is 32.0 Å². The van der Waals surface area contributed by atoms with Gasteiger partial charge < -0.3 is 10.1 Å². The van der Waals surface area contributed by atoms with E-state index in [-0.39, 0.29) is 17.7 Å². The first kappa shape index (κ1) is 19.0. The van der Waals surface area contributed by atoms with Gasteiger partial charge >= 0.3 is 5.97 Å². The van der Waals surface area contributed by atoms with Crippen molar-refractivity contribution in [3.63, 3.8) is 0 Å². The maximum Gasteiger partial charge on any atom is 0.337 e. The average Bonchev–Trinajstić information content (AvgIpc) is 3.52. The van der Waals surface area contributed by atoms with Crippen LogP contribution in [0.1, 0.15) is 34.3 Å². The lowest BCUT2D eigenvalue weighted by molar-refractivity contribution is -0.122. The Kier molecular flexibility index (Phi) is 6.19. The fraction of sp³-hybridized carbons (Fsp3) is 0.333. The van der Waals surface area contributed by atoms with Gasteiger partial charge in [0.2, 0.25) is 5.91 Å². The van der Waals surface area contributed by atoms with Gasteiger partial charge in [-0.1, -0.05) is 24.3 Å². The zero-order chi connectivity index (χ0) is 19.2. The molecule has 5 nitrogen and oxygen atoms in total. The van der Waals surface area contributed by atoms with E-state index in [1.807, 2.05) is 0 Å². The summed E-state index contributed by atoms with van der Waals surface area (Å²) in [5, 5.41) is 2.91. The number of benzene rings is 2. The van der Waals surface area contributed by atoms with Gasteiger partial charge in [0.05, 0.1) is 19.2 Å². The molecular weight excluding hydrogens is 347 g/mol. The zero-order valence-corrected chi connectivity index (χ0v) is 15.3. The molecular formula is C21H23FN2O3. The molecule has 2 aromatic carbocycles. The van der Waals surface area contributed by atoms with E-state index in [1.165, 1.54) is 19.2 Å². The molecule has 0 aliphatic heterocycles. The Hall–Kier alpha value is -2.73. The Balaban J connectivity index is 1.51. The maximum absolute atomic E-state index is 13.1. The molecule has 0 atom stereocenters. The normalized spacial score (nSPS) is 13.4. The van der Waals surface area contributed by atoms with Gasteiger partial charge in [0.1, 0.15) is 5.82 Å². The minimum absolute atomic E-state index is 0.0546. The summed E-state index contributed by atoms with van der Waals surface area (Å²) in [4.78, 5) is 25.9. The maximum atomic E-state index is 13.1. The lowest BCUT2D eigenvalue weighted by Crippen LogP contribution is -2.37. The van der Waals surface area contributed by atoms with Crippen molar-refractivity contribution in [3.8, 4) is 0 Å². The predicted molar refractivity (Wildman–Crippen MR) is 99.5 cm³/mol. The Labute approximate surface area is 158 Å². The van der Waals surface area contributed by atoms with E-state index in [0.717, 1.165) is 24.0 Å². The van der Waals surface area contributed by atoms with Crippen LogP contribution >= 0.6 is 0 Å². The molecule has 1 N–H and O–H groups in total. The molecule has 3 rings (SSSR count). The molecule has 1 saturated carbocycles. The van der Waals surface area contributed by atoms with E-state index in [4.69, 9.17) is 0 Å². The second-order valence-electron chi connectivity index (χ2n) is 6.73. The van der Waals surface area contributed by atoms with E-state index in [0.29, 0.717) is 31.2 Å². The van der Waals surface area contributed by atoms with Gasteiger partial charge in [-0.3, -0.25) is 9.69 Å². The second-order valence-corrected chi connectivity index (χ2v) is 6.73. The summed E-state index contributed by atoms with van der Waals surface area (Å²) in [6.07, 6.45) is 2.17.